The van der Waals surface area contributed by atoms with Crippen molar-refractivity contribution in [2.45, 2.75) is 6.18 Å². The number of aromatic amines is 1. The van der Waals surface area contributed by atoms with E-state index in [-0.39, 0.29) is 16.7 Å². The van der Waals surface area contributed by atoms with Crippen LogP contribution in [0.3, 0.4) is 0 Å². The van der Waals surface area contributed by atoms with E-state index in [9.17, 15) is 18.0 Å². The average Bonchev–Trinajstić information content (AvgIpc) is 3.40. The molecule has 0 fully saturated rings. The largest absolute Gasteiger partial charge is 0.435 e. The van der Waals surface area contributed by atoms with Crippen molar-refractivity contribution < 1.29 is 13.2 Å². The number of hydrogen-bond donors (Lipinski definition) is 1. The fourth-order valence-corrected chi connectivity index (χ4v) is 3.60. The van der Waals surface area contributed by atoms with E-state index in [0.717, 1.165) is 5.56 Å². The molecule has 0 amide bonds. The first-order chi connectivity index (χ1) is 14.3. The van der Waals surface area contributed by atoms with Crippen LogP contribution in [-0.2, 0) is 13.2 Å². The van der Waals surface area contributed by atoms with Gasteiger partial charge in [0.2, 0.25) is 0 Å². The van der Waals surface area contributed by atoms with Crippen LogP contribution in [0.1, 0.15) is 5.69 Å². The molecule has 0 atom stereocenters. The second-order valence-corrected chi connectivity index (χ2v) is 6.91. The zero-order chi connectivity index (χ0) is 21.0. The van der Waals surface area contributed by atoms with E-state index >= 15 is 0 Å². The van der Waals surface area contributed by atoms with Gasteiger partial charge in [0.15, 0.2) is 5.69 Å². The Kier molecular flexibility index (Phi) is 3.82. The van der Waals surface area contributed by atoms with Gasteiger partial charge in [-0.2, -0.15) is 23.4 Å². The molecule has 6 nitrogen and oxygen atoms in total. The topological polar surface area (TPSA) is 68.0 Å². The van der Waals surface area contributed by atoms with Crippen LogP contribution in [0.2, 0.25) is 0 Å². The van der Waals surface area contributed by atoms with E-state index in [1.165, 1.54) is 29.0 Å². The van der Waals surface area contributed by atoms with Crippen LogP contribution in [0.15, 0.2) is 65.6 Å². The molecule has 0 unspecified atom stereocenters. The van der Waals surface area contributed by atoms with Gasteiger partial charge < -0.3 is 0 Å². The van der Waals surface area contributed by atoms with Crippen LogP contribution >= 0.6 is 0 Å². The smallest absolute Gasteiger partial charge is 0.296 e. The van der Waals surface area contributed by atoms with Crippen LogP contribution in [0.5, 0.6) is 0 Å². The van der Waals surface area contributed by atoms with E-state index in [1.54, 1.807) is 17.6 Å². The lowest BCUT2D eigenvalue weighted by Gasteiger charge is -2.09. The third-order valence-electron chi connectivity index (χ3n) is 5.08. The zero-order valence-electron chi connectivity index (χ0n) is 15.6. The highest BCUT2D eigenvalue weighted by Crippen LogP contribution is 2.36. The Morgan fingerprint density at radius 1 is 1.00 bits per heavy atom. The number of aryl methyl sites for hydroxylation is 1. The number of hydrogen-bond acceptors (Lipinski definition) is 3. The second kappa shape index (κ2) is 6.31. The van der Waals surface area contributed by atoms with E-state index in [2.05, 4.69) is 15.3 Å². The van der Waals surface area contributed by atoms with Crippen LogP contribution in [-0.4, -0.2) is 24.4 Å². The maximum Gasteiger partial charge on any atom is 0.435 e. The number of alkyl halides is 3. The lowest BCUT2D eigenvalue weighted by molar-refractivity contribution is -0.140. The highest BCUT2D eigenvalue weighted by atomic mass is 19.4. The predicted octanol–water partition coefficient (Wildman–Crippen LogP) is 4.26. The van der Waals surface area contributed by atoms with Gasteiger partial charge >= 0.3 is 6.18 Å². The van der Waals surface area contributed by atoms with Gasteiger partial charge in [-0.25, -0.2) is 4.52 Å². The van der Waals surface area contributed by atoms with E-state index < -0.39 is 11.9 Å². The van der Waals surface area contributed by atoms with Gasteiger partial charge in [0.05, 0.1) is 16.6 Å². The maximum absolute atomic E-state index is 13.3. The number of fused-ring (bicyclic) bond motifs is 3. The third-order valence-corrected chi connectivity index (χ3v) is 5.08. The Bertz CT molecular complexity index is 1460. The molecule has 9 heteroatoms. The number of H-pyrrole nitrogens is 1. The van der Waals surface area contributed by atoms with Crippen molar-refractivity contribution in [1.82, 2.24) is 24.4 Å². The Labute approximate surface area is 167 Å². The minimum atomic E-state index is -4.60. The summed E-state index contributed by atoms with van der Waals surface area (Å²) in [7, 11) is 1.64. The number of benzene rings is 2. The van der Waals surface area contributed by atoms with Crippen molar-refractivity contribution in [3.05, 3.63) is 76.8 Å². The fourth-order valence-electron chi connectivity index (χ4n) is 3.60. The van der Waals surface area contributed by atoms with E-state index in [1.807, 2.05) is 30.3 Å². The number of nitrogens with zero attached hydrogens (tertiary/aromatic N) is 4. The molecule has 150 valence electrons. The van der Waals surface area contributed by atoms with Crippen molar-refractivity contribution >= 4 is 16.6 Å². The molecule has 0 bridgehead atoms. The number of nitrogens with one attached hydrogen (secondary N) is 1. The summed E-state index contributed by atoms with van der Waals surface area (Å²) in [6, 6.07) is 15.8. The molecule has 0 aliphatic carbocycles. The summed E-state index contributed by atoms with van der Waals surface area (Å²) >= 11 is 0. The van der Waals surface area contributed by atoms with Gasteiger partial charge in [0, 0.05) is 30.4 Å². The summed E-state index contributed by atoms with van der Waals surface area (Å²) < 4.78 is 42.9. The molecule has 0 saturated carbocycles. The zero-order valence-corrected chi connectivity index (χ0v) is 15.6. The average molecular weight is 409 g/mol. The first-order valence-corrected chi connectivity index (χ1v) is 9.04. The summed E-state index contributed by atoms with van der Waals surface area (Å²) in [6.45, 7) is 0. The highest BCUT2D eigenvalue weighted by Gasteiger charge is 2.36. The second-order valence-electron chi connectivity index (χ2n) is 6.91. The Hall–Kier alpha value is -3.88. The van der Waals surface area contributed by atoms with Crippen LogP contribution < -0.4 is 5.56 Å². The number of rotatable bonds is 2. The first-order valence-electron chi connectivity index (χ1n) is 9.04. The molecule has 0 radical (unpaired) electrons. The van der Waals surface area contributed by atoms with Crippen LogP contribution in [0.25, 0.3) is 38.9 Å². The van der Waals surface area contributed by atoms with Crippen molar-refractivity contribution in [1.29, 1.82) is 0 Å². The van der Waals surface area contributed by atoms with Gasteiger partial charge in [-0.3, -0.25) is 14.5 Å². The summed E-state index contributed by atoms with van der Waals surface area (Å²) in [5.41, 5.74) is 1.41. The van der Waals surface area contributed by atoms with Crippen molar-refractivity contribution in [3.8, 4) is 22.4 Å². The minimum absolute atomic E-state index is 0.0892. The van der Waals surface area contributed by atoms with E-state index in [0.29, 0.717) is 22.2 Å². The van der Waals surface area contributed by atoms with Gasteiger partial charge in [0.25, 0.3) is 5.56 Å². The molecular formula is C21H14F3N5O. The van der Waals surface area contributed by atoms with Gasteiger partial charge in [-0.1, -0.05) is 36.4 Å². The molecule has 0 saturated heterocycles. The lowest BCUT2D eigenvalue weighted by Crippen LogP contribution is -2.19. The van der Waals surface area contributed by atoms with Gasteiger partial charge in [0.1, 0.15) is 5.65 Å². The molecule has 5 rings (SSSR count). The summed E-state index contributed by atoms with van der Waals surface area (Å²) in [5, 5.41) is 10.6. The molecule has 0 aliphatic heterocycles. The maximum atomic E-state index is 13.3. The molecule has 0 aliphatic rings. The minimum Gasteiger partial charge on any atom is -0.296 e. The molecule has 1 N–H and O–H groups in total. The molecule has 30 heavy (non-hydrogen) atoms. The molecular weight excluding hydrogens is 395 g/mol. The normalized spacial score (nSPS) is 12.1. The van der Waals surface area contributed by atoms with Crippen LogP contribution in [0, 0.1) is 0 Å². The molecule has 5 aromatic rings. The van der Waals surface area contributed by atoms with Gasteiger partial charge in [-0.15, -0.1) is 0 Å². The fraction of sp³-hybridized carbons (Fsp3) is 0.0952. The van der Waals surface area contributed by atoms with Gasteiger partial charge in [-0.05, 0) is 17.7 Å². The summed E-state index contributed by atoms with van der Waals surface area (Å²) in [5.74, 6) is 0. The summed E-state index contributed by atoms with van der Waals surface area (Å²) in [6.07, 6.45) is -3.40. The highest BCUT2D eigenvalue weighted by molar-refractivity contribution is 5.86. The first kappa shape index (κ1) is 18.2. The molecule has 3 heterocycles. The van der Waals surface area contributed by atoms with Crippen molar-refractivity contribution in [2.75, 3.05) is 0 Å². The number of halogens is 3. The number of aromatic nitrogens is 5. The van der Waals surface area contributed by atoms with Crippen molar-refractivity contribution in [3.63, 3.8) is 0 Å². The standard InChI is InChI=1S/C21H14F3N5O/c1-28-18-10-16(12-5-3-2-4-6-12)27-29(18)17-9-13(7-8-14(17)20(28)30)15-11-25-26-19(15)21(22,23)24/h2-11H,1H3,(H,25,26). The lowest BCUT2D eigenvalue weighted by atomic mass is 10.0. The Morgan fingerprint density at radius 2 is 1.77 bits per heavy atom. The Balaban J connectivity index is 1.80. The Morgan fingerprint density at radius 3 is 2.50 bits per heavy atom. The quantitative estimate of drug-likeness (QED) is 0.474. The monoisotopic (exact) mass is 409 g/mol. The molecule has 2 aromatic carbocycles. The predicted molar refractivity (Wildman–Crippen MR) is 106 cm³/mol. The molecule has 0 spiro atoms. The van der Waals surface area contributed by atoms with E-state index in [4.69, 9.17) is 0 Å². The van der Waals surface area contributed by atoms with Crippen LogP contribution in [0.4, 0.5) is 13.2 Å². The van der Waals surface area contributed by atoms with Crippen molar-refractivity contribution in [2.24, 2.45) is 7.05 Å². The summed E-state index contributed by atoms with van der Waals surface area (Å²) in [4.78, 5) is 12.8. The third kappa shape index (κ3) is 2.70. The molecule has 3 aromatic heterocycles. The SMILES string of the molecule is Cn1c(=O)c2ccc(-c3c[nH]nc3C(F)(F)F)cc2n2nc(-c3ccccc3)cc12.